The average molecular weight is 660 g/mol. The first-order chi connectivity index (χ1) is 21.9. The van der Waals surface area contributed by atoms with Gasteiger partial charge in [0.2, 0.25) is 29.5 Å². The van der Waals surface area contributed by atoms with Gasteiger partial charge in [0, 0.05) is 0 Å². The number of aliphatic hydroxyl groups is 1. The molecule has 18 nitrogen and oxygen atoms in total. The van der Waals surface area contributed by atoms with Gasteiger partial charge in [0.05, 0.1) is 25.7 Å². The highest BCUT2D eigenvalue weighted by atomic mass is 16.3. The van der Waals surface area contributed by atoms with Crippen molar-refractivity contribution in [1.82, 2.24) is 31.9 Å². The van der Waals surface area contributed by atoms with E-state index >= 15 is 0 Å². The van der Waals surface area contributed by atoms with E-state index in [0.717, 1.165) is 0 Å². The molecule has 46 heavy (non-hydrogen) atoms. The standard InChI is InChI=1S/C28H54N10O8/c1-18(40)19(8-2-5-11-29)36-26(44)20(9-3-6-12-30)37-27(45)21(10-4-7-13-31)38-28(46)22(17-39)35-25(43)16-34-24(42)15-33-23(41)14-32/h19-22,39H,2-17,29-32H2,1H3,(H,33,41)(H,34,42)(H,35,43)(H,36,44)(H,37,45)(H,38,46)/p+1. The molecule has 0 aliphatic heterocycles. The Labute approximate surface area is 269 Å². The first kappa shape index (κ1) is 42.3. The molecule has 0 heterocycles. The molecule has 6 amide bonds. The van der Waals surface area contributed by atoms with Crippen LogP contribution in [0.1, 0.15) is 64.7 Å². The Kier molecular flexibility index (Phi) is 23.4. The molecule has 0 rings (SSSR count). The topological polar surface area (TPSA) is 318 Å². The first-order valence-electron chi connectivity index (χ1n) is 15.7. The van der Waals surface area contributed by atoms with Gasteiger partial charge in [-0.2, -0.15) is 0 Å². The number of carbonyl (C=O) groups excluding carboxylic acids is 7. The lowest BCUT2D eigenvalue weighted by molar-refractivity contribution is -0.355. The zero-order valence-electron chi connectivity index (χ0n) is 26.9. The quantitative estimate of drug-likeness (QED) is 0.0389. The molecule has 16 N–H and O–H groups in total. The van der Waals surface area contributed by atoms with Crippen molar-refractivity contribution in [2.24, 2.45) is 17.2 Å². The fourth-order valence-electron chi connectivity index (χ4n) is 4.16. The van der Waals surface area contributed by atoms with Crippen molar-refractivity contribution in [1.29, 1.82) is 0 Å². The van der Waals surface area contributed by atoms with Crippen LogP contribution in [-0.2, 0) is 33.6 Å². The number of quaternary nitrogens is 1. The lowest BCUT2D eigenvalue weighted by Gasteiger charge is -2.26. The summed E-state index contributed by atoms with van der Waals surface area (Å²) in [6.07, 6.45) is 4.15. The van der Waals surface area contributed by atoms with Crippen LogP contribution in [0.25, 0.3) is 0 Å². The van der Waals surface area contributed by atoms with Gasteiger partial charge in [-0.15, -0.1) is 0 Å². The molecule has 0 aromatic heterocycles. The maximum Gasteiger partial charge on any atom is 0.275 e. The molecule has 0 aromatic carbocycles. The van der Waals surface area contributed by atoms with Crippen molar-refractivity contribution in [3.63, 3.8) is 0 Å². The number of aliphatic hydroxyl groups excluding tert-OH is 1. The van der Waals surface area contributed by atoms with E-state index in [2.05, 4.69) is 37.6 Å². The molecule has 4 unspecified atom stereocenters. The van der Waals surface area contributed by atoms with Gasteiger partial charge in [-0.25, -0.2) is 0 Å². The Bertz CT molecular complexity index is 984. The largest absolute Gasteiger partial charge is 0.394 e. The first-order valence-corrected chi connectivity index (χ1v) is 15.7. The number of Topliss-reactive ketones (excluding diaryl/α,β-unsaturated/α-hetero) is 1. The van der Waals surface area contributed by atoms with Crippen LogP contribution in [0.4, 0.5) is 0 Å². The minimum absolute atomic E-state index is 0.0651. The van der Waals surface area contributed by atoms with Gasteiger partial charge in [0.15, 0.2) is 12.3 Å². The van der Waals surface area contributed by atoms with Crippen molar-refractivity contribution in [3.05, 3.63) is 0 Å². The third-order valence-corrected chi connectivity index (χ3v) is 6.87. The highest BCUT2D eigenvalue weighted by molar-refractivity contribution is 5.96. The SMILES string of the molecule is CC(=O)C(CCCCN)NC(=O)C(CCCCN)NC(=O)C(CCCCN)NC(=O)C(CO)NC(=O)CNC(=O)CNC(=O)C[NH3+]. The predicted molar refractivity (Wildman–Crippen MR) is 168 cm³/mol. The summed E-state index contributed by atoms with van der Waals surface area (Å²) >= 11 is 0. The van der Waals surface area contributed by atoms with Crippen LogP contribution in [0.3, 0.4) is 0 Å². The van der Waals surface area contributed by atoms with Crippen molar-refractivity contribution in [3.8, 4) is 0 Å². The molecule has 4 atom stereocenters. The van der Waals surface area contributed by atoms with Crippen molar-refractivity contribution >= 4 is 41.2 Å². The van der Waals surface area contributed by atoms with Crippen molar-refractivity contribution in [2.45, 2.75) is 88.9 Å². The molecule has 0 aromatic rings. The molecule has 264 valence electrons. The summed E-state index contributed by atoms with van der Waals surface area (Å²) in [5.74, 6) is -4.27. The zero-order valence-corrected chi connectivity index (χ0v) is 26.9. The maximum atomic E-state index is 13.4. The number of ketones is 1. The highest BCUT2D eigenvalue weighted by Crippen LogP contribution is 2.08. The minimum Gasteiger partial charge on any atom is -0.394 e. The molecule has 0 fully saturated rings. The molecule has 0 spiro atoms. The lowest BCUT2D eigenvalue weighted by Crippen LogP contribution is -2.59. The fourth-order valence-corrected chi connectivity index (χ4v) is 4.16. The van der Waals surface area contributed by atoms with E-state index in [1.54, 1.807) is 0 Å². The van der Waals surface area contributed by atoms with Gasteiger partial charge in [0.25, 0.3) is 5.91 Å². The van der Waals surface area contributed by atoms with Crippen LogP contribution >= 0.6 is 0 Å². The lowest BCUT2D eigenvalue weighted by atomic mass is 10.0. The zero-order chi connectivity index (χ0) is 34.9. The second kappa shape index (κ2) is 25.5. The summed E-state index contributed by atoms with van der Waals surface area (Å²) < 4.78 is 0. The van der Waals surface area contributed by atoms with E-state index in [-0.39, 0.29) is 31.7 Å². The van der Waals surface area contributed by atoms with Crippen molar-refractivity contribution in [2.75, 3.05) is 45.9 Å². The monoisotopic (exact) mass is 659 g/mol. The number of nitrogens with one attached hydrogen (secondary N) is 6. The van der Waals surface area contributed by atoms with E-state index in [0.29, 0.717) is 64.6 Å². The third kappa shape index (κ3) is 18.9. The Morgan fingerprint density at radius 2 is 0.957 bits per heavy atom. The Morgan fingerprint density at radius 1 is 0.565 bits per heavy atom. The fraction of sp³-hybridized carbons (Fsp3) is 0.750. The summed E-state index contributed by atoms with van der Waals surface area (Å²) in [5.41, 5.74) is 20.1. The van der Waals surface area contributed by atoms with Crippen molar-refractivity contribution < 1.29 is 44.4 Å². The molecule has 0 aliphatic carbocycles. The molecular formula is C28H55N10O8+. The van der Waals surface area contributed by atoms with Crippen LogP contribution in [-0.4, -0.2) is 116 Å². The average Bonchev–Trinajstić information content (AvgIpc) is 3.03. The van der Waals surface area contributed by atoms with Gasteiger partial charge in [-0.1, -0.05) is 0 Å². The second-order valence-electron chi connectivity index (χ2n) is 10.8. The van der Waals surface area contributed by atoms with E-state index in [1.165, 1.54) is 6.92 Å². The number of carbonyl (C=O) groups is 7. The van der Waals surface area contributed by atoms with Gasteiger partial charge >= 0.3 is 0 Å². The number of hydrogen-bond acceptors (Lipinski definition) is 11. The summed E-state index contributed by atoms with van der Waals surface area (Å²) in [4.78, 5) is 87.2. The normalized spacial score (nSPS) is 13.3. The number of unbranched alkanes of at least 4 members (excludes halogenated alkanes) is 3. The number of amides is 6. The van der Waals surface area contributed by atoms with Gasteiger partial charge < -0.3 is 59.9 Å². The van der Waals surface area contributed by atoms with Gasteiger partial charge in [0.1, 0.15) is 18.1 Å². The molecule has 0 radical (unpaired) electrons. The predicted octanol–water partition coefficient (Wildman–Crippen LogP) is -5.63. The van der Waals surface area contributed by atoms with Gasteiger partial charge in [-0.3, -0.25) is 33.6 Å². The number of hydrogen-bond donors (Lipinski definition) is 11. The molecule has 0 aliphatic rings. The maximum absolute atomic E-state index is 13.4. The van der Waals surface area contributed by atoms with Crippen LogP contribution in [0.15, 0.2) is 0 Å². The molecule has 0 saturated carbocycles. The highest BCUT2D eigenvalue weighted by Gasteiger charge is 2.30. The molecule has 18 heteroatoms. The summed E-state index contributed by atoms with van der Waals surface area (Å²) in [6, 6.07) is -4.40. The van der Waals surface area contributed by atoms with Gasteiger partial charge in [-0.05, 0) is 84.3 Å². The van der Waals surface area contributed by atoms with Crippen LogP contribution in [0.2, 0.25) is 0 Å². The second-order valence-corrected chi connectivity index (χ2v) is 10.8. The smallest absolute Gasteiger partial charge is 0.275 e. The number of rotatable bonds is 26. The van der Waals surface area contributed by atoms with E-state index < -0.39 is 72.8 Å². The molecular weight excluding hydrogens is 604 g/mol. The minimum atomic E-state index is -1.46. The number of nitrogens with two attached hydrogens (primary N) is 3. The van der Waals surface area contributed by atoms with E-state index in [9.17, 15) is 38.7 Å². The summed E-state index contributed by atoms with van der Waals surface area (Å²) in [7, 11) is 0. The molecule has 0 bridgehead atoms. The third-order valence-electron chi connectivity index (χ3n) is 6.87. The molecule has 0 saturated heterocycles. The Morgan fingerprint density at radius 3 is 1.37 bits per heavy atom. The van der Waals surface area contributed by atoms with E-state index in [1.807, 2.05) is 0 Å². The Hall–Kier alpha value is -3.71. The van der Waals surface area contributed by atoms with Crippen LogP contribution in [0, 0.1) is 0 Å². The summed E-state index contributed by atoms with van der Waals surface area (Å²) in [5, 5.41) is 24.5. The van der Waals surface area contributed by atoms with E-state index in [4.69, 9.17) is 17.2 Å². The summed E-state index contributed by atoms with van der Waals surface area (Å²) in [6.45, 7) is 0.726. The van der Waals surface area contributed by atoms with Crippen LogP contribution < -0.4 is 54.8 Å². The Balaban J connectivity index is 5.55. The van der Waals surface area contributed by atoms with Crippen LogP contribution in [0.5, 0.6) is 0 Å².